The summed E-state index contributed by atoms with van der Waals surface area (Å²) in [7, 11) is -5.07. The summed E-state index contributed by atoms with van der Waals surface area (Å²) >= 11 is 5.19. The van der Waals surface area contributed by atoms with E-state index in [2.05, 4.69) is 40.5 Å². The molecule has 9 rings (SSSR count). The van der Waals surface area contributed by atoms with E-state index in [0.717, 1.165) is 0 Å². The zero-order chi connectivity index (χ0) is 33.2. The molecule has 4 unspecified atom stereocenters. The number of anilines is 2. The maximum atomic E-state index is 16.2. The number of halogens is 2. The minimum absolute atomic E-state index is 0.179. The maximum absolute atomic E-state index is 16.2. The summed E-state index contributed by atoms with van der Waals surface area (Å²) in [6, 6.07) is 0. The second-order valence-corrected chi connectivity index (χ2v) is 15.2. The number of hydrogen-bond acceptors (Lipinski definition) is 16. The molecule has 0 aliphatic carbocycles. The van der Waals surface area contributed by atoms with E-state index in [1.165, 1.54) is 34.4 Å². The molecule has 14 bridgehead atoms. The van der Waals surface area contributed by atoms with Crippen molar-refractivity contribution in [2.45, 2.75) is 49.2 Å². The molecular weight excluding hydrogens is 704 g/mol. The Morgan fingerprint density at radius 1 is 0.771 bits per heavy atom. The molecule has 5 aliphatic heterocycles. The molecule has 5 aliphatic rings. The van der Waals surface area contributed by atoms with Gasteiger partial charge in [0.15, 0.2) is 58.8 Å². The van der Waals surface area contributed by atoms with Crippen LogP contribution in [0.2, 0.25) is 0 Å². The van der Waals surface area contributed by atoms with Crippen molar-refractivity contribution in [1.82, 2.24) is 39.0 Å². The third-order valence-corrected chi connectivity index (χ3v) is 10.6. The van der Waals surface area contributed by atoms with Gasteiger partial charge >= 0.3 is 14.5 Å². The first-order chi connectivity index (χ1) is 23.1. The third kappa shape index (κ3) is 5.79. The fourth-order valence-electron chi connectivity index (χ4n) is 5.87. The Morgan fingerprint density at radius 3 is 1.81 bits per heavy atom. The van der Waals surface area contributed by atoms with Crippen molar-refractivity contribution in [3.8, 4) is 0 Å². The van der Waals surface area contributed by atoms with Crippen molar-refractivity contribution >= 4 is 60.3 Å². The van der Waals surface area contributed by atoms with Gasteiger partial charge in [-0.1, -0.05) is 12.2 Å². The van der Waals surface area contributed by atoms with Crippen molar-refractivity contribution in [3.63, 3.8) is 0 Å². The van der Waals surface area contributed by atoms with Gasteiger partial charge in [0.05, 0.1) is 25.9 Å². The molecule has 0 saturated carbocycles. The molecule has 0 aromatic carbocycles. The van der Waals surface area contributed by atoms with Gasteiger partial charge in [-0.05, 0) is 11.8 Å². The highest BCUT2D eigenvalue weighted by Gasteiger charge is 2.54. The SMILES string of the molecule is O=P1(O)OCC2O[C@@H]3[C@H](F)[C@@H]2O[P@@](O)(=S)OCC2OC([C@H](F)[C@@H]2O1)n1cnc2c(ncnc21)NC/C=C/CNc1ncnc2c1ncn23. The molecule has 4 aromatic rings. The van der Waals surface area contributed by atoms with Crippen LogP contribution in [0.1, 0.15) is 12.5 Å². The second kappa shape index (κ2) is 12.3. The summed E-state index contributed by atoms with van der Waals surface area (Å²) in [6.07, 6.45) is -4.66. The van der Waals surface area contributed by atoms with Crippen LogP contribution in [0.5, 0.6) is 0 Å². The summed E-state index contributed by atoms with van der Waals surface area (Å²) in [5.41, 5.74) is 0.955. The molecule has 10 atom stereocenters. The van der Waals surface area contributed by atoms with E-state index in [1.807, 2.05) is 12.2 Å². The van der Waals surface area contributed by atoms with E-state index in [-0.39, 0.29) is 16.8 Å². The normalized spacial score (nSPS) is 38.0. The first-order valence-corrected chi connectivity index (χ1v) is 18.6. The van der Waals surface area contributed by atoms with Gasteiger partial charge in [-0.25, -0.2) is 43.2 Å². The Balaban J connectivity index is 1.21. The Hall–Kier alpha value is -3.14. The molecule has 3 saturated heterocycles. The average Bonchev–Trinajstić information content (AvgIpc) is 3.81. The predicted octanol–water partition coefficient (Wildman–Crippen LogP) is 1.67. The Morgan fingerprint density at radius 2 is 1.27 bits per heavy atom. The van der Waals surface area contributed by atoms with Crippen molar-refractivity contribution in [2.24, 2.45) is 0 Å². The van der Waals surface area contributed by atoms with E-state index in [9.17, 15) is 14.4 Å². The third-order valence-electron chi connectivity index (χ3n) is 8.05. The fourth-order valence-corrected chi connectivity index (χ4v) is 8.27. The topological polar surface area (TPSA) is 224 Å². The zero-order valence-corrected chi connectivity index (χ0v) is 26.9. The van der Waals surface area contributed by atoms with Crippen LogP contribution >= 0.6 is 14.5 Å². The van der Waals surface area contributed by atoms with Gasteiger partial charge in [-0.3, -0.25) is 22.7 Å². The highest BCUT2D eigenvalue weighted by molar-refractivity contribution is 8.07. The number of phosphoric ester groups is 1. The molecule has 0 spiro atoms. The molecular formula is C24H26F2N10O9P2S. The van der Waals surface area contributed by atoms with Crippen LogP contribution in [0.3, 0.4) is 0 Å². The van der Waals surface area contributed by atoms with E-state index in [0.29, 0.717) is 30.2 Å². The predicted molar refractivity (Wildman–Crippen MR) is 162 cm³/mol. The lowest BCUT2D eigenvalue weighted by molar-refractivity contribution is -0.0623. The molecule has 19 nitrogen and oxygen atoms in total. The zero-order valence-electron chi connectivity index (χ0n) is 24.3. The molecule has 48 heavy (non-hydrogen) atoms. The quantitative estimate of drug-likeness (QED) is 0.149. The number of rotatable bonds is 0. The fraction of sp³-hybridized carbons (Fsp3) is 0.500. The van der Waals surface area contributed by atoms with E-state index in [1.54, 1.807) is 0 Å². The van der Waals surface area contributed by atoms with Crippen LogP contribution in [0.15, 0.2) is 37.5 Å². The van der Waals surface area contributed by atoms with Gasteiger partial charge in [-0.15, -0.1) is 0 Å². The van der Waals surface area contributed by atoms with Gasteiger partial charge in [-0.2, -0.15) is 0 Å². The minimum Gasteiger partial charge on any atom is -0.365 e. The summed E-state index contributed by atoms with van der Waals surface area (Å²) in [5.74, 6) is 0.703. The number of hydrogen-bond donors (Lipinski definition) is 4. The number of nitrogens with one attached hydrogen (secondary N) is 2. The second-order valence-electron chi connectivity index (χ2n) is 11.0. The number of nitrogens with zero attached hydrogens (tertiary/aromatic N) is 8. The Kier molecular flexibility index (Phi) is 8.24. The first-order valence-electron chi connectivity index (χ1n) is 14.5. The highest BCUT2D eigenvalue weighted by atomic mass is 32.5. The van der Waals surface area contributed by atoms with Gasteiger partial charge in [0.25, 0.3) is 0 Å². The van der Waals surface area contributed by atoms with Crippen LogP contribution in [-0.4, -0.2) is 112 Å². The number of phosphoric acid groups is 1. The highest BCUT2D eigenvalue weighted by Crippen LogP contribution is 2.54. The lowest BCUT2D eigenvalue weighted by Crippen LogP contribution is -2.37. The van der Waals surface area contributed by atoms with Crippen LogP contribution in [0, 0.1) is 0 Å². The van der Waals surface area contributed by atoms with Crippen molar-refractivity contribution in [3.05, 3.63) is 37.5 Å². The Bertz CT molecular complexity index is 1850. The van der Waals surface area contributed by atoms with Crippen LogP contribution < -0.4 is 10.6 Å². The number of fused-ring (bicyclic) bond motifs is 10. The molecule has 24 heteroatoms. The molecule has 4 aromatic heterocycles. The Labute approximate surface area is 273 Å². The molecule has 4 N–H and O–H groups in total. The average molecular weight is 731 g/mol. The summed E-state index contributed by atoms with van der Waals surface area (Å²) in [5, 5.41) is 6.25. The summed E-state index contributed by atoms with van der Waals surface area (Å²) in [4.78, 5) is 47.3. The van der Waals surface area contributed by atoms with Crippen LogP contribution in [-0.2, 0) is 43.9 Å². The van der Waals surface area contributed by atoms with Crippen molar-refractivity contribution in [1.29, 1.82) is 0 Å². The van der Waals surface area contributed by atoms with E-state index < -0.39 is 77.0 Å². The molecule has 256 valence electrons. The van der Waals surface area contributed by atoms with Crippen molar-refractivity contribution in [2.75, 3.05) is 36.9 Å². The minimum atomic E-state index is -5.07. The van der Waals surface area contributed by atoms with Gasteiger partial charge in [0.2, 0.25) is 0 Å². The summed E-state index contributed by atoms with van der Waals surface area (Å²) < 4.78 is 81.4. The largest absolute Gasteiger partial charge is 0.472 e. The molecule has 0 amide bonds. The van der Waals surface area contributed by atoms with Gasteiger partial charge in [0.1, 0.15) is 37.1 Å². The lowest BCUT2D eigenvalue weighted by atomic mass is 10.1. The van der Waals surface area contributed by atoms with E-state index in [4.69, 9.17) is 39.4 Å². The first kappa shape index (κ1) is 32.1. The van der Waals surface area contributed by atoms with Crippen LogP contribution in [0.4, 0.5) is 20.4 Å². The number of imidazole rings is 2. The van der Waals surface area contributed by atoms with Gasteiger partial charge < -0.3 is 34.4 Å². The van der Waals surface area contributed by atoms with E-state index >= 15 is 8.78 Å². The number of ether oxygens (including phenoxy) is 2. The van der Waals surface area contributed by atoms with Crippen molar-refractivity contribution < 1.29 is 50.7 Å². The monoisotopic (exact) mass is 730 g/mol. The summed E-state index contributed by atoms with van der Waals surface area (Å²) in [6.45, 7) is -5.09. The number of alkyl halides is 2. The van der Waals surface area contributed by atoms with Gasteiger partial charge in [0, 0.05) is 13.1 Å². The lowest BCUT2D eigenvalue weighted by Gasteiger charge is -2.28. The van der Waals surface area contributed by atoms with Crippen LogP contribution in [0.25, 0.3) is 22.3 Å². The maximum Gasteiger partial charge on any atom is 0.472 e. The molecule has 0 radical (unpaired) electrons. The molecule has 3 fully saturated rings. The smallest absolute Gasteiger partial charge is 0.365 e. The number of aromatic nitrogens is 8. The molecule has 9 heterocycles. The standard InChI is InChI=1S/C24H26F2N10O9P2S/c25-13-17-12-6-41-47(39,48)45-18-11(5-40-46(37,38)44-17)42-24(14(18)26)36-10-34-16-20(30-8-32-22(16)36)28-4-2-1-3-27-19-15-21(31-7-29-19)35(9-33-15)23(13)43-12/h1-2,7-14,17-18,23-24H,3-6H2,(H,37,38)(H,39,48)(H,27,29,31)(H,28,30,32)/b2-1+/t11?,12?,13-,14-,17-,18-,23?,24-,47+/m1/s1.